The van der Waals surface area contributed by atoms with Crippen molar-refractivity contribution in [3.8, 4) is 11.5 Å². The summed E-state index contributed by atoms with van der Waals surface area (Å²) < 4.78 is 10.6. The van der Waals surface area contributed by atoms with Crippen LogP contribution in [-0.4, -0.2) is 36.4 Å². The highest BCUT2D eigenvalue weighted by atomic mass is 16.7. The molecule has 1 N–H and O–H groups in total. The van der Waals surface area contributed by atoms with Gasteiger partial charge in [-0.2, -0.15) is 0 Å². The van der Waals surface area contributed by atoms with Crippen molar-refractivity contribution >= 4 is 5.91 Å². The summed E-state index contributed by atoms with van der Waals surface area (Å²) in [6.07, 6.45) is 0. The summed E-state index contributed by atoms with van der Waals surface area (Å²) in [6.45, 7) is 2.17. The van der Waals surface area contributed by atoms with E-state index in [0.717, 1.165) is 16.9 Å². The molecule has 0 radical (unpaired) electrons. The fraction of sp³-hybridized carbons (Fsp3) is 0.417. The van der Waals surface area contributed by atoms with Crippen LogP contribution in [0.4, 0.5) is 0 Å². The number of carbonyl (C=O) groups excluding carboxylic acids is 1. The highest BCUT2D eigenvalue weighted by Gasteiger charge is 2.17. The third-order valence-electron chi connectivity index (χ3n) is 2.80. The molecule has 0 saturated carbocycles. The van der Waals surface area contributed by atoms with Crippen LogP contribution in [0.5, 0.6) is 11.5 Å². The third kappa shape index (κ3) is 2.34. The molecule has 0 unspecified atom stereocenters. The first-order valence-corrected chi connectivity index (χ1v) is 5.35. The Labute approximate surface area is 99.6 Å². The van der Waals surface area contributed by atoms with Crippen LogP contribution >= 0.6 is 0 Å². The lowest BCUT2D eigenvalue weighted by Gasteiger charge is -2.17. The monoisotopic (exact) mass is 237 g/mol. The lowest BCUT2D eigenvalue weighted by molar-refractivity contribution is -0.133. The molecular formula is C12H15NO4. The minimum Gasteiger partial charge on any atom is -0.454 e. The second-order valence-electron chi connectivity index (χ2n) is 4.04. The van der Waals surface area contributed by atoms with Gasteiger partial charge in [0.05, 0.1) is 0 Å². The van der Waals surface area contributed by atoms with Crippen molar-refractivity contribution in [2.75, 3.05) is 20.4 Å². The number of aryl methyl sites for hydroxylation is 1. The van der Waals surface area contributed by atoms with Crippen LogP contribution in [-0.2, 0) is 11.3 Å². The number of aliphatic hydroxyl groups excluding tert-OH is 1. The third-order valence-corrected chi connectivity index (χ3v) is 2.80. The van der Waals surface area contributed by atoms with Gasteiger partial charge in [-0.3, -0.25) is 4.79 Å². The van der Waals surface area contributed by atoms with Crippen LogP contribution in [0, 0.1) is 6.92 Å². The Morgan fingerprint density at radius 2 is 2.06 bits per heavy atom. The quantitative estimate of drug-likeness (QED) is 0.839. The van der Waals surface area contributed by atoms with Crippen molar-refractivity contribution in [1.29, 1.82) is 0 Å². The fourth-order valence-corrected chi connectivity index (χ4v) is 1.72. The van der Waals surface area contributed by atoms with Crippen LogP contribution in [0.2, 0.25) is 0 Å². The van der Waals surface area contributed by atoms with Crippen molar-refractivity contribution < 1.29 is 19.4 Å². The highest BCUT2D eigenvalue weighted by molar-refractivity contribution is 5.76. The summed E-state index contributed by atoms with van der Waals surface area (Å²) in [5, 5.41) is 8.77. The number of likely N-dealkylation sites (N-methyl/N-ethyl adjacent to an activating group) is 1. The maximum Gasteiger partial charge on any atom is 0.248 e. The minimum atomic E-state index is -0.472. The molecule has 0 fully saturated rings. The van der Waals surface area contributed by atoms with Crippen molar-refractivity contribution in [1.82, 2.24) is 4.90 Å². The Hall–Kier alpha value is -1.75. The number of fused-ring (bicyclic) bond motifs is 1. The molecule has 0 aliphatic carbocycles. The average Bonchev–Trinajstić information content (AvgIpc) is 2.75. The Morgan fingerprint density at radius 3 is 2.71 bits per heavy atom. The van der Waals surface area contributed by atoms with Gasteiger partial charge in [-0.25, -0.2) is 0 Å². The van der Waals surface area contributed by atoms with Gasteiger partial charge in [-0.15, -0.1) is 0 Å². The van der Waals surface area contributed by atoms with Crippen molar-refractivity contribution in [3.05, 3.63) is 23.3 Å². The number of aliphatic hydroxyl groups is 1. The van der Waals surface area contributed by atoms with E-state index >= 15 is 0 Å². The first-order valence-electron chi connectivity index (χ1n) is 5.35. The van der Waals surface area contributed by atoms with Crippen LogP contribution < -0.4 is 9.47 Å². The zero-order valence-corrected chi connectivity index (χ0v) is 9.90. The molecule has 0 aromatic heterocycles. The van der Waals surface area contributed by atoms with E-state index in [4.69, 9.17) is 14.6 Å². The van der Waals surface area contributed by atoms with Gasteiger partial charge in [0.2, 0.25) is 12.7 Å². The van der Waals surface area contributed by atoms with E-state index in [1.807, 2.05) is 19.1 Å². The number of hydrogen-bond donors (Lipinski definition) is 1. The summed E-state index contributed by atoms with van der Waals surface area (Å²) >= 11 is 0. The van der Waals surface area contributed by atoms with E-state index in [9.17, 15) is 4.79 Å². The van der Waals surface area contributed by atoms with Gasteiger partial charge < -0.3 is 19.5 Å². The van der Waals surface area contributed by atoms with Crippen LogP contribution in [0.1, 0.15) is 11.1 Å². The van der Waals surface area contributed by atoms with Gasteiger partial charge in [0, 0.05) is 13.6 Å². The van der Waals surface area contributed by atoms with Gasteiger partial charge in [-0.1, -0.05) is 0 Å². The number of carbonyl (C=O) groups is 1. The second-order valence-corrected chi connectivity index (χ2v) is 4.04. The fourth-order valence-electron chi connectivity index (χ4n) is 1.72. The number of hydrogen-bond acceptors (Lipinski definition) is 4. The van der Waals surface area contributed by atoms with Crippen molar-refractivity contribution in [2.24, 2.45) is 0 Å². The van der Waals surface area contributed by atoms with E-state index in [1.54, 1.807) is 7.05 Å². The molecule has 1 aromatic rings. The summed E-state index contributed by atoms with van der Waals surface area (Å²) in [6, 6.07) is 3.77. The van der Waals surface area contributed by atoms with Gasteiger partial charge in [-0.05, 0) is 30.2 Å². The largest absolute Gasteiger partial charge is 0.454 e. The number of ether oxygens (including phenoxy) is 2. The second kappa shape index (κ2) is 4.63. The molecule has 1 aromatic carbocycles. The number of nitrogens with zero attached hydrogens (tertiary/aromatic N) is 1. The van der Waals surface area contributed by atoms with E-state index in [-0.39, 0.29) is 12.7 Å². The standard InChI is InChI=1S/C12H15NO4/c1-8-3-10-11(17-7-16-10)4-9(8)5-13(2)12(15)6-14/h3-4,14H,5-7H2,1-2H3. The van der Waals surface area contributed by atoms with Crippen molar-refractivity contribution in [2.45, 2.75) is 13.5 Å². The van der Waals surface area contributed by atoms with Gasteiger partial charge in [0.15, 0.2) is 11.5 Å². The lowest BCUT2D eigenvalue weighted by Crippen LogP contribution is -2.28. The topological polar surface area (TPSA) is 59.0 Å². The zero-order chi connectivity index (χ0) is 12.4. The van der Waals surface area contributed by atoms with E-state index < -0.39 is 6.61 Å². The zero-order valence-electron chi connectivity index (χ0n) is 9.90. The maximum atomic E-state index is 11.3. The first kappa shape index (κ1) is 11.7. The molecule has 0 spiro atoms. The maximum absolute atomic E-state index is 11.3. The Morgan fingerprint density at radius 1 is 1.41 bits per heavy atom. The predicted octanol–water partition coefficient (Wildman–Crippen LogP) is 0.674. The number of amides is 1. The van der Waals surface area contributed by atoms with E-state index in [1.165, 1.54) is 4.90 Å². The SMILES string of the molecule is Cc1cc2c(cc1CN(C)C(=O)CO)OCO2. The first-order chi connectivity index (χ1) is 8.11. The van der Waals surface area contributed by atoms with Gasteiger partial charge >= 0.3 is 0 Å². The van der Waals surface area contributed by atoms with E-state index in [2.05, 4.69) is 0 Å². The molecule has 2 rings (SSSR count). The molecule has 1 aliphatic heterocycles. The predicted molar refractivity (Wildman–Crippen MR) is 60.9 cm³/mol. The molecule has 0 bridgehead atoms. The molecule has 5 heteroatoms. The molecule has 92 valence electrons. The number of rotatable bonds is 3. The van der Waals surface area contributed by atoms with Crippen LogP contribution in [0.15, 0.2) is 12.1 Å². The Balaban J connectivity index is 2.19. The molecular weight excluding hydrogens is 222 g/mol. The summed E-state index contributed by atoms with van der Waals surface area (Å²) in [5.74, 6) is 1.14. The summed E-state index contributed by atoms with van der Waals surface area (Å²) in [4.78, 5) is 12.8. The molecule has 5 nitrogen and oxygen atoms in total. The lowest BCUT2D eigenvalue weighted by atomic mass is 10.1. The van der Waals surface area contributed by atoms with Gasteiger partial charge in [0.1, 0.15) is 6.61 Å². The molecule has 0 atom stereocenters. The van der Waals surface area contributed by atoms with Crippen molar-refractivity contribution in [3.63, 3.8) is 0 Å². The molecule has 1 heterocycles. The van der Waals surface area contributed by atoms with Crippen LogP contribution in [0.3, 0.4) is 0 Å². The molecule has 1 aliphatic rings. The Kier molecular flexibility index (Phi) is 3.19. The summed E-state index contributed by atoms with van der Waals surface area (Å²) in [7, 11) is 1.66. The molecule has 17 heavy (non-hydrogen) atoms. The Bertz CT molecular complexity index is 444. The normalized spacial score (nSPS) is 12.6. The van der Waals surface area contributed by atoms with Crippen LogP contribution in [0.25, 0.3) is 0 Å². The van der Waals surface area contributed by atoms with E-state index in [0.29, 0.717) is 12.3 Å². The average molecular weight is 237 g/mol. The van der Waals surface area contributed by atoms with Gasteiger partial charge in [0.25, 0.3) is 0 Å². The number of benzene rings is 1. The minimum absolute atomic E-state index is 0.240. The molecule has 0 saturated heterocycles. The summed E-state index contributed by atoms with van der Waals surface area (Å²) in [5.41, 5.74) is 2.02. The highest BCUT2D eigenvalue weighted by Crippen LogP contribution is 2.34. The molecule has 1 amide bonds. The smallest absolute Gasteiger partial charge is 0.248 e.